The van der Waals surface area contributed by atoms with Crippen molar-refractivity contribution >= 4 is 17.7 Å². The Labute approximate surface area is 169 Å². The first kappa shape index (κ1) is 18.8. The number of pyridine rings is 1. The molecule has 0 radical (unpaired) electrons. The number of halogens is 2. The van der Waals surface area contributed by atoms with Gasteiger partial charge in [-0.15, -0.1) is 0 Å². The number of benzene rings is 2. The van der Waals surface area contributed by atoms with Crippen molar-refractivity contribution < 1.29 is 13.6 Å². The maximum absolute atomic E-state index is 13.6. The summed E-state index contributed by atoms with van der Waals surface area (Å²) in [7, 11) is 0. The summed E-state index contributed by atoms with van der Waals surface area (Å²) in [4.78, 5) is 16.7. The second-order valence-corrected chi connectivity index (χ2v) is 7.23. The van der Waals surface area contributed by atoms with E-state index in [4.69, 9.17) is 5.73 Å². The van der Waals surface area contributed by atoms with Gasteiger partial charge in [-0.2, -0.15) is 5.10 Å². The minimum atomic E-state index is -0.915. The Morgan fingerprint density at radius 2 is 1.83 bits per heavy atom. The van der Waals surface area contributed by atoms with Crippen molar-refractivity contribution in [3.63, 3.8) is 0 Å². The van der Waals surface area contributed by atoms with Gasteiger partial charge in [-0.1, -0.05) is 23.9 Å². The van der Waals surface area contributed by atoms with Gasteiger partial charge in [-0.25, -0.2) is 13.5 Å². The quantitative estimate of drug-likeness (QED) is 0.529. The fraction of sp³-hybridized carbons (Fsp3) is 0. The van der Waals surface area contributed by atoms with Crippen LogP contribution in [-0.2, 0) is 0 Å². The molecule has 0 fully saturated rings. The van der Waals surface area contributed by atoms with Crippen molar-refractivity contribution in [1.29, 1.82) is 0 Å². The Balaban J connectivity index is 1.78. The van der Waals surface area contributed by atoms with Crippen molar-refractivity contribution in [2.75, 3.05) is 0 Å². The van der Waals surface area contributed by atoms with Crippen LogP contribution in [-0.4, -0.2) is 20.7 Å². The van der Waals surface area contributed by atoms with Crippen LogP contribution in [0.3, 0.4) is 0 Å². The summed E-state index contributed by atoms with van der Waals surface area (Å²) in [5.41, 5.74) is 7.82. The number of carbonyl (C=O) groups is 1. The molecule has 2 aromatic carbocycles. The third kappa shape index (κ3) is 4.02. The molecule has 1 amide bonds. The number of nitrogens with zero attached hydrogens (tertiary/aromatic N) is 3. The number of rotatable bonds is 5. The number of hydrogen-bond acceptors (Lipinski definition) is 4. The molecule has 0 aliphatic heterocycles. The van der Waals surface area contributed by atoms with Crippen LogP contribution in [0.2, 0.25) is 0 Å². The van der Waals surface area contributed by atoms with Gasteiger partial charge in [0.05, 0.1) is 16.8 Å². The summed E-state index contributed by atoms with van der Waals surface area (Å²) < 4.78 is 28.6. The number of nitrogens with two attached hydrogens (primary N) is 1. The summed E-state index contributed by atoms with van der Waals surface area (Å²) in [6.45, 7) is 0. The second kappa shape index (κ2) is 7.84. The van der Waals surface area contributed by atoms with Crippen molar-refractivity contribution in [3.8, 4) is 16.9 Å². The lowest BCUT2D eigenvalue weighted by Crippen LogP contribution is -2.10. The molecule has 4 rings (SSSR count). The SMILES string of the molecule is NC(=O)c1ccc(-c2nn(-c3cccnc3)cc2Sc2ccc(F)c(F)c2)cc1. The highest BCUT2D eigenvalue weighted by molar-refractivity contribution is 7.99. The zero-order valence-electron chi connectivity index (χ0n) is 14.9. The molecule has 0 saturated carbocycles. The minimum Gasteiger partial charge on any atom is -0.366 e. The normalized spacial score (nSPS) is 10.8. The topological polar surface area (TPSA) is 73.8 Å². The third-order valence-corrected chi connectivity index (χ3v) is 5.16. The van der Waals surface area contributed by atoms with Gasteiger partial charge in [0, 0.05) is 28.4 Å². The lowest BCUT2D eigenvalue weighted by molar-refractivity contribution is 0.100. The molecular formula is C21H14F2N4OS. The maximum atomic E-state index is 13.6. The minimum absolute atomic E-state index is 0.384. The van der Waals surface area contributed by atoms with Gasteiger partial charge in [-0.05, 0) is 42.5 Å². The van der Waals surface area contributed by atoms with E-state index in [0.717, 1.165) is 28.3 Å². The van der Waals surface area contributed by atoms with E-state index in [1.165, 1.54) is 17.8 Å². The van der Waals surface area contributed by atoms with Gasteiger partial charge in [0.25, 0.3) is 0 Å². The molecule has 5 nitrogen and oxygen atoms in total. The van der Waals surface area contributed by atoms with Gasteiger partial charge in [-0.3, -0.25) is 9.78 Å². The number of amides is 1. The van der Waals surface area contributed by atoms with E-state index in [1.54, 1.807) is 53.6 Å². The first-order chi connectivity index (χ1) is 14.0. The predicted octanol–water partition coefficient (Wildman–Crippen LogP) is 4.46. The highest BCUT2D eigenvalue weighted by Crippen LogP contribution is 2.36. The molecule has 2 aromatic heterocycles. The van der Waals surface area contributed by atoms with Crippen LogP contribution >= 0.6 is 11.8 Å². The number of primary amides is 1. The fourth-order valence-electron chi connectivity index (χ4n) is 2.71. The average Bonchev–Trinajstić information content (AvgIpc) is 3.15. The van der Waals surface area contributed by atoms with Crippen molar-refractivity contribution in [3.05, 3.63) is 90.4 Å². The first-order valence-electron chi connectivity index (χ1n) is 8.54. The Bertz CT molecular complexity index is 1180. The predicted molar refractivity (Wildman–Crippen MR) is 106 cm³/mol. The molecule has 0 unspecified atom stereocenters. The van der Waals surface area contributed by atoms with Crippen molar-refractivity contribution in [1.82, 2.24) is 14.8 Å². The number of aromatic nitrogens is 3. The van der Waals surface area contributed by atoms with Crippen LogP contribution in [0.4, 0.5) is 8.78 Å². The summed E-state index contributed by atoms with van der Waals surface area (Å²) in [5, 5.41) is 4.63. The molecule has 2 heterocycles. The summed E-state index contributed by atoms with van der Waals surface area (Å²) in [5.74, 6) is -2.33. The van der Waals surface area contributed by atoms with Gasteiger partial charge in [0.1, 0.15) is 5.69 Å². The first-order valence-corrected chi connectivity index (χ1v) is 9.36. The smallest absolute Gasteiger partial charge is 0.248 e. The molecule has 0 bridgehead atoms. The van der Waals surface area contributed by atoms with Gasteiger partial charge in [0.15, 0.2) is 11.6 Å². The summed E-state index contributed by atoms with van der Waals surface area (Å²) >= 11 is 1.26. The molecule has 0 saturated heterocycles. The Morgan fingerprint density at radius 1 is 1.03 bits per heavy atom. The molecule has 2 N–H and O–H groups in total. The van der Waals surface area contributed by atoms with Gasteiger partial charge in [0.2, 0.25) is 5.91 Å². The maximum Gasteiger partial charge on any atom is 0.248 e. The molecule has 8 heteroatoms. The standard InChI is InChI=1S/C21H14F2N4OS/c22-17-8-7-16(10-18(17)23)29-19-12-27(15-2-1-9-25-11-15)26-20(19)13-3-5-14(6-4-13)21(24)28/h1-12H,(H2,24,28). The largest absolute Gasteiger partial charge is 0.366 e. The van der Waals surface area contributed by atoms with E-state index in [2.05, 4.69) is 10.1 Å². The van der Waals surface area contributed by atoms with Crippen molar-refractivity contribution in [2.45, 2.75) is 9.79 Å². The summed E-state index contributed by atoms with van der Waals surface area (Å²) in [6, 6.07) is 14.1. The molecule has 0 atom stereocenters. The van der Waals surface area contributed by atoms with E-state index in [0.29, 0.717) is 16.2 Å². The van der Waals surface area contributed by atoms with Crippen molar-refractivity contribution in [2.24, 2.45) is 5.73 Å². The number of hydrogen-bond donors (Lipinski definition) is 1. The van der Waals surface area contributed by atoms with Crippen LogP contribution in [0.1, 0.15) is 10.4 Å². The zero-order chi connectivity index (χ0) is 20.4. The van der Waals surface area contributed by atoms with Crippen LogP contribution < -0.4 is 5.73 Å². The van der Waals surface area contributed by atoms with Gasteiger partial charge < -0.3 is 5.73 Å². The molecule has 29 heavy (non-hydrogen) atoms. The highest BCUT2D eigenvalue weighted by atomic mass is 32.2. The molecule has 0 aliphatic rings. The molecule has 0 aliphatic carbocycles. The fourth-order valence-corrected chi connectivity index (χ4v) is 3.67. The highest BCUT2D eigenvalue weighted by Gasteiger charge is 2.15. The molecule has 0 spiro atoms. The van der Waals surface area contributed by atoms with E-state index in [-0.39, 0.29) is 0 Å². The third-order valence-electron chi connectivity index (χ3n) is 4.15. The van der Waals surface area contributed by atoms with Crippen LogP contribution in [0.5, 0.6) is 0 Å². The van der Waals surface area contributed by atoms with Gasteiger partial charge >= 0.3 is 0 Å². The van der Waals surface area contributed by atoms with E-state index in [9.17, 15) is 13.6 Å². The average molecular weight is 408 g/mol. The van der Waals surface area contributed by atoms with E-state index < -0.39 is 17.5 Å². The van der Waals surface area contributed by atoms with E-state index in [1.807, 2.05) is 6.07 Å². The van der Waals surface area contributed by atoms with Crippen LogP contribution in [0, 0.1) is 11.6 Å². The second-order valence-electron chi connectivity index (χ2n) is 6.12. The van der Waals surface area contributed by atoms with Crippen LogP contribution in [0.15, 0.2) is 83.0 Å². The zero-order valence-corrected chi connectivity index (χ0v) is 15.7. The Hall–Kier alpha value is -3.52. The lowest BCUT2D eigenvalue weighted by Gasteiger charge is -2.04. The van der Waals surface area contributed by atoms with E-state index >= 15 is 0 Å². The Morgan fingerprint density at radius 3 is 2.48 bits per heavy atom. The molecule has 144 valence electrons. The molecular weight excluding hydrogens is 394 g/mol. The monoisotopic (exact) mass is 408 g/mol. The molecule has 4 aromatic rings. The van der Waals surface area contributed by atoms with Crippen LogP contribution in [0.25, 0.3) is 16.9 Å². The Kier molecular flexibility index (Phi) is 5.09. The lowest BCUT2D eigenvalue weighted by atomic mass is 10.1. The number of carbonyl (C=O) groups excluding carboxylic acids is 1. The summed E-state index contributed by atoms with van der Waals surface area (Å²) in [6.07, 6.45) is 5.12.